The van der Waals surface area contributed by atoms with Gasteiger partial charge in [0.1, 0.15) is 16.2 Å². The van der Waals surface area contributed by atoms with Gasteiger partial charge in [0.25, 0.3) is 5.91 Å². The van der Waals surface area contributed by atoms with E-state index in [1.165, 1.54) is 23.9 Å². The molecule has 5 rings (SSSR count). The van der Waals surface area contributed by atoms with Gasteiger partial charge in [-0.1, -0.05) is 19.3 Å². The van der Waals surface area contributed by atoms with E-state index in [4.69, 9.17) is 10.1 Å². The van der Waals surface area contributed by atoms with Crippen LogP contribution >= 0.6 is 11.8 Å². The summed E-state index contributed by atoms with van der Waals surface area (Å²) in [5.41, 5.74) is 1.52. The maximum atomic E-state index is 13.2. The molecule has 1 saturated carbocycles. The van der Waals surface area contributed by atoms with Crippen LogP contribution < -0.4 is 10.5 Å². The van der Waals surface area contributed by atoms with Gasteiger partial charge in [0, 0.05) is 17.3 Å². The summed E-state index contributed by atoms with van der Waals surface area (Å²) in [5.74, 6) is 0.256. The van der Waals surface area contributed by atoms with E-state index in [0.717, 1.165) is 43.2 Å². The molecule has 0 atom stereocenters. The van der Waals surface area contributed by atoms with Crippen LogP contribution in [-0.2, 0) is 20.4 Å². The molecule has 0 saturated heterocycles. The zero-order valence-electron chi connectivity index (χ0n) is 17.4. The lowest BCUT2D eigenvalue weighted by molar-refractivity contribution is -0.128. The van der Waals surface area contributed by atoms with Gasteiger partial charge in [-0.15, -0.1) is 11.8 Å². The van der Waals surface area contributed by atoms with Crippen molar-refractivity contribution in [2.45, 2.75) is 42.5 Å². The van der Waals surface area contributed by atoms with E-state index in [9.17, 15) is 13.2 Å². The van der Waals surface area contributed by atoms with Crippen molar-refractivity contribution >= 4 is 55.4 Å². The van der Waals surface area contributed by atoms with E-state index < -0.39 is 15.6 Å². The van der Waals surface area contributed by atoms with Crippen LogP contribution in [0.2, 0.25) is 0 Å². The fourth-order valence-electron chi connectivity index (χ4n) is 4.57. The molecule has 0 bridgehead atoms. The number of fused-ring (bicyclic) bond motifs is 4. The molecular formula is C21H22N6O3S2. The van der Waals surface area contributed by atoms with Crippen molar-refractivity contribution in [2.75, 3.05) is 11.6 Å². The number of thioether (sulfide) groups is 1. The summed E-state index contributed by atoms with van der Waals surface area (Å²) >= 11 is 1.45. The number of carbonyl (C=O) groups excluding carboxylic acids is 1. The number of anilines is 2. The smallest absolute Gasteiger partial charge is 0.273 e. The molecule has 3 N–H and O–H groups in total. The molecule has 9 nitrogen and oxygen atoms in total. The lowest BCUT2D eigenvalue weighted by Crippen LogP contribution is -2.47. The number of primary sulfonamides is 1. The summed E-state index contributed by atoms with van der Waals surface area (Å²) in [4.78, 5) is 26.8. The minimum absolute atomic E-state index is 0.0294. The van der Waals surface area contributed by atoms with Crippen LogP contribution in [0.15, 0.2) is 46.4 Å². The van der Waals surface area contributed by atoms with Gasteiger partial charge >= 0.3 is 0 Å². The van der Waals surface area contributed by atoms with E-state index in [1.54, 1.807) is 18.3 Å². The summed E-state index contributed by atoms with van der Waals surface area (Å²) in [6, 6.07) is 8.05. The maximum Gasteiger partial charge on any atom is 0.273 e. The highest BCUT2D eigenvalue weighted by Crippen LogP contribution is 2.43. The molecule has 2 aromatic heterocycles. The minimum atomic E-state index is -3.76. The van der Waals surface area contributed by atoms with Gasteiger partial charge in [-0.2, -0.15) is 4.98 Å². The monoisotopic (exact) mass is 470 g/mol. The van der Waals surface area contributed by atoms with Crippen molar-refractivity contribution in [2.24, 2.45) is 10.1 Å². The number of benzene rings is 1. The van der Waals surface area contributed by atoms with E-state index in [-0.39, 0.29) is 10.8 Å². The fraction of sp³-hybridized carbons (Fsp3) is 0.333. The van der Waals surface area contributed by atoms with Crippen LogP contribution in [-0.4, -0.2) is 40.2 Å². The van der Waals surface area contributed by atoms with Crippen molar-refractivity contribution < 1.29 is 13.2 Å². The normalized spacial score (nSPS) is 17.9. The van der Waals surface area contributed by atoms with Crippen LogP contribution in [0.5, 0.6) is 0 Å². The second-order valence-electron chi connectivity index (χ2n) is 8.05. The van der Waals surface area contributed by atoms with Gasteiger partial charge in [0.05, 0.1) is 10.6 Å². The predicted molar refractivity (Wildman–Crippen MR) is 125 cm³/mol. The SMILES string of the molecule is CSC1=NC(=O)C2(CCCCC2)n2c1cc1cnc(Nc3ccc(S(N)(=O)=O)cc3)nc12. The van der Waals surface area contributed by atoms with Crippen LogP contribution in [0, 0.1) is 0 Å². The number of hydrogen-bond acceptors (Lipinski definition) is 7. The Kier molecular flexibility index (Phi) is 5.06. The van der Waals surface area contributed by atoms with Crippen molar-refractivity contribution in [3.05, 3.63) is 42.2 Å². The average molecular weight is 471 g/mol. The molecule has 32 heavy (non-hydrogen) atoms. The van der Waals surface area contributed by atoms with Gasteiger partial charge < -0.3 is 9.88 Å². The lowest BCUT2D eigenvalue weighted by atomic mass is 9.80. The molecule has 3 aromatic rings. The average Bonchev–Trinajstić information content (AvgIpc) is 3.16. The second kappa shape index (κ2) is 7.68. The zero-order chi connectivity index (χ0) is 22.5. The van der Waals surface area contributed by atoms with Gasteiger partial charge in [-0.25, -0.2) is 23.5 Å². The molecule has 1 aromatic carbocycles. The summed E-state index contributed by atoms with van der Waals surface area (Å²) < 4.78 is 25.0. The topological polar surface area (TPSA) is 132 Å². The van der Waals surface area contributed by atoms with E-state index in [2.05, 4.69) is 19.9 Å². The Bertz CT molecular complexity index is 1360. The van der Waals surface area contributed by atoms with Crippen molar-refractivity contribution in [1.82, 2.24) is 14.5 Å². The van der Waals surface area contributed by atoms with E-state index >= 15 is 0 Å². The molecule has 1 aliphatic carbocycles. The molecule has 166 valence electrons. The highest BCUT2D eigenvalue weighted by molar-refractivity contribution is 8.13. The number of nitrogens with two attached hydrogens (primary N) is 1. The number of carbonyl (C=O) groups is 1. The Morgan fingerprint density at radius 3 is 2.53 bits per heavy atom. The number of nitrogens with one attached hydrogen (secondary N) is 1. The third-order valence-corrected chi connectivity index (χ3v) is 7.72. The van der Waals surface area contributed by atoms with Gasteiger partial charge in [0.15, 0.2) is 0 Å². The molecule has 3 heterocycles. The molecule has 1 amide bonds. The Morgan fingerprint density at radius 2 is 1.88 bits per heavy atom. The number of amides is 1. The van der Waals surface area contributed by atoms with Crippen LogP contribution in [0.25, 0.3) is 11.0 Å². The highest BCUT2D eigenvalue weighted by atomic mass is 32.2. The number of aliphatic imine (C=N–C) groups is 1. The van der Waals surface area contributed by atoms with Crippen LogP contribution in [0.3, 0.4) is 0 Å². The van der Waals surface area contributed by atoms with Crippen molar-refractivity contribution in [3.63, 3.8) is 0 Å². The third kappa shape index (κ3) is 3.40. The minimum Gasteiger partial charge on any atom is -0.324 e. The lowest BCUT2D eigenvalue weighted by Gasteiger charge is -2.39. The summed E-state index contributed by atoms with van der Waals surface area (Å²) in [6.45, 7) is 0. The van der Waals surface area contributed by atoms with Gasteiger partial charge in [-0.3, -0.25) is 4.79 Å². The predicted octanol–water partition coefficient (Wildman–Crippen LogP) is 3.13. The van der Waals surface area contributed by atoms with Gasteiger partial charge in [-0.05, 0) is 49.4 Å². The summed E-state index contributed by atoms with van der Waals surface area (Å²) in [5, 5.41) is 9.81. The molecule has 2 aliphatic rings. The Morgan fingerprint density at radius 1 is 1.16 bits per heavy atom. The second-order valence-corrected chi connectivity index (χ2v) is 10.4. The first kappa shape index (κ1) is 21.1. The molecule has 11 heteroatoms. The highest BCUT2D eigenvalue weighted by Gasteiger charge is 2.46. The molecule has 0 unspecified atom stereocenters. The molecular weight excluding hydrogens is 448 g/mol. The largest absolute Gasteiger partial charge is 0.324 e. The Hall–Kier alpha value is -2.76. The molecule has 1 fully saturated rings. The number of rotatable bonds is 3. The van der Waals surface area contributed by atoms with E-state index in [1.807, 2.05) is 12.3 Å². The number of sulfonamides is 1. The van der Waals surface area contributed by atoms with Crippen LogP contribution in [0.1, 0.15) is 37.8 Å². The number of hydrogen-bond donors (Lipinski definition) is 2. The van der Waals surface area contributed by atoms with Crippen molar-refractivity contribution in [3.8, 4) is 0 Å². The van der Waals surface area contributed by atoms with E-state index in [0.29, 0.717) is 22.3 Å². The third-order valence-electron chi connectivity index (χ3n) is 6.10. The maximum absolute atomic E-state index is 13.2. The first-order chi connectivity index (χ1) is 15.3. The zero-order valence-corrected chi connectivity index (χ0v) is 19.0. The number of aromatic nitrogens is 3. The summed E-state index contributed by atoms with van der Waals surface area (Å²) in [7, 11) is -3.76. The van der Waals surface area contributed by atoms with Gasteiger partial charge in [0.2, 0.25) is 16.0 Å². The standard InChI is InChI=1S/C21H22N6O3S2/c1-31-18-16-11-13-12-23-20(24-14-5-7-15(8-6-14)32(22,29)30)25-17(13)27(16)21(19(28)26-18)9-3-2-4-10-21/h5-8,11-12H,2-4,9-10H2,1H3,(H2,22,29,30)(H,23,24,25). The molecule has 0 radical (unpaired) electrons. The molecule has 1 aliphatic heterocycles. The first-order valence-corrected chi connectivity index (χ1v) is 13.1. The molecule has 1 spiro atoms. The summed E-state index contributed by atoms with van der Waals surface area (Å²) in [6.07, 6.45) is 8.19. The fourth-order valence-corrected chi connectivity index (χ4v) is 5.62. The quantitative estimate of drug-likeness (QED) is 0.601. The number of nitrogens with zero attached hydrogens (tertiary/aromatic N) is 4. The van der Waals surface area contributed by atoms with Crippen LogP contribution in [0.4, 0.5) is 11.6 Å². The van der Waals surface area contributed by atoms with Crippen molar-refractivity contribution in [1.29, 1.82) is 0 Å². The first-order valence-electron chi connectivity index (χ1n) is 10.3. The Balaban J connectivity index is 1.59. The Labute approximate surface area is 189 Å².